The number of fused-ring (bicyclic) bond motifs is 9. The zero-order valence-corrected chi connectivity index (χ0v) is 38.0. The van der Waals surface area contributed by atoms with Crippen LogP contribution >= 0.6 is 11.3 Å². The molecule has 0 saturated heterocycles. The second-order valence-electron chi connectivity index (χ2n) is 17.5. The maximum absolute atomic E-state index is 5.44. The van der Waals surface area contributed by atoms with Crippen molar-refractivity contribution in [1.82, 2.24) is 24.1 Å². The summed E-state index contributed by atoms with van der Waals surface area (Å²) in [5.74, 6) is 1.87. The van der Waals surface area contributed by atoms with Gasteiger partial charge in [-0.2, -0.15) is 0 Å². The van der Waals surface area contributed by atoms with E-state index in [-0.39, 0.29) is 0 Å². The van der Waals surface area contributed by atoms with Gasteiger partial charge in [0.05, 0.1) is 27.8 Å². The van der Waals surface area contributed by atoms with E-state index in [0.29, 0.717) is 17.5 Å². The average molecular weight is 898 g/mol. The third-order valence-electron chi connectivity index (χ3n) is 13.6. The highest BCUT2D eigenvalue weighted by atomic mass is 32.1. The zero-order chi connectivity index (χ0) is 45.4. The quantitative estimate of drug-likeness (QED) is 0.160. The number of rotatable bonds is 7. The minimum atomic E-state index is 0.608. The van der Waals surface area contributed by atoms with Gasteiger partial charge in [-0.1, -0.05) is 176 Å². The summed E-state index contributed by atoms with van der Waals surface area (Å²) in [5, 5.41) is 7.26. The van der Waals surface area contributed by atoms with Crippen molar-refractivity contribution in [2.45, 2.75) is 0 Å². The minimum absolute atomic E-state index is 0.608. The van der Waals surface area contributed by atoms with E-state index in [9.17, 15) is 0 Å². The van der Waals surface area contributed by atoms with Crippen molar-refractivity contribution in [1.29, 1.82) is 0 Å². The molecular formula is C63H39N5S. The Balaban J connectivity index is 0.997. The topological polar surface area (TPSA) is 48.5 Å². The minimum Gasteiger partial charge on any atom is -0.309 e. The standard InChI is InChI=1S/C63H39N5S/c1-3-18-40(19-4-1)41-36-38-42(39-37-41)61-64-62(66-63(65-61)51-29-15-28-47-44-22-10-14-35-57(44)69-60(47)51)50-25-9-13-32-54(50)68-53-31-12-8-24-49(53)59-46(27-17-34-56(59)68)45-26-16-33-55-58(45)48-23-7-11-30-52(48)67(55)43-20-5-2-6-21-43/h1-39H. The van der Waals surface area contributed by atoms with E-state index >= 15 is 0 Å². The van der Waals surface area contributed by atoms with Crippen LogP contribution in [0.1, 0.15) is 0 Å². The van der Waals surface area contributed by atoms with E-state index < -0.39 is 0 Å². The van der Waals surface area contributed by atoms with Crippen molar-refractivity contribution < 1.29 is 0 Å². The highest BCUT2D eigenvalue weighted by Crippen LogP contribution is 2.45. The normalized spacial score (nSPS) is 11.8. The van der Waals surface area contributed by atoms with Gasteiger partial charge in [-0.25, -0.2) is 15.0 Å². The number of hydrogen-bond donors (Lipinski definition) is 0. The van der Waals surface area contributed by atoms with Gasteiger partial charge in [-0.15, -0.1) is 11.3 Å². The van der Waals surface area contributed by atoms with Crippen LogP contribution in [0.3, 0.4) is 0 Å². The monoisotopic (exact) mass is 897 g/mol. The predicted molar refractivity (Wildman–Crippen MR) is 289 cm³/mol. The Bertz CT molecular complexity index is 4300. The lowest BCUT2D eigenvalue weighted by Gasteiger charge is -2.15. The van der Waals surface area contributed by atoms with Gasteiger partial charge in [0, 0.05) is 64.1 Å². The molecule has 14 rings (SSSR count). The highest BCUT2D eigenvalue weighted by Gasteiger charge is 2.24. The second kappa shape index (κ2) is 15.8. The largest absolute Gasteiger partial charge is 0.309 e. The maximum Gasteiger partial charge on any atom is 0.166 e. The smallest absolute Gasteiger partial charge is 0.166 e. The third kappa shape index (κ3) is 6.27. The molecule has 0 spiro atoms. The third-order valence-corrected chi connectivity index (χ3v) is 14.8. The van der Waals surface area contributed by atoms with Crippen LogP contribution in [0.15, 0.2) is 237 Å². The van der Waals surface area contributed by atoms with E-state index in [1.807, 2.05) is 6.07 Å². The van der Waals surface area contributed by atoms with Crippen molar-refractivity contribution in [2.24, 2.45) is 0 Å². The molecule has 69 heavy (non-hydrogen) atoms. The van der Waals surface area contributed by atoms with Crippen molar-refractivity contribution in [2.75, 3.05) is 0 Å². The molecule has 0 atom stereocenters. The molecule has 4 heterocycles. The number of hydrogen-bond acceptors (Lipinski definition) is 4. The number of nitrogens with zero attached hydrogens (tertiary/aromatic N) is 5. The number of aromatic nitrogens is 5. The molecule has 0 aliphatic carbocycles. The summed E-state index contributed by atoms with van der Waals surface area (Å²) >= 11 is 1.78. The average Bonchev–Trinajstić information content (AvgIpc) is 4.09. The molecule has 10 aromatic carbocycles. The molecule has 14 aromatic rings. The van der Waals surface area contributed by atoms with Crippen LogP contribution in [0.25, 0.3) is 132 Å². The molecule has 0 unspecified atom stereocenters. The molecule has 0 saturated carbocycles. The first-order valence-electron chi connectivity index (χ1n) is 23.3. The van der Waals surface area contributed by atoms with Gasteiger partial charge in [0.15, 0.2) is 17.5 Å². The van der Waals surface area contributed by atoms with Gasteiger partial charge in [-0.05, 0) is 82.9 Å². The van der Waals surface area contributed by atoms with Crippen molar-refractivity contribution in [3.63, 3.8) is 0 Å². The predicted octanol–water partition coefficient (Wildman–Crippen LogP) is 16.8. The highest BCUT2D eigenvalue weighted by molar-refractivity contribution is 7.26. The molecular weight excluding hydrogens is 859 g/mol. The van der Waals surface area contributed by atoms with Crippen molar-refractivity contribution >= 4 is 75.1 Å². The lowest BCUT2D eigenvalue weighted by molar-refractivity contribution is 1.07. The maximum atomic E-state index is 5.44. The van der Waals surface area contributed by atoms with Crippen LogP contribution in [0.2, 0.25) is 0 Å². The molecule has 0 amide bonds. The van der Waals surface area contributed by atoms with Gasteiger partial charge in [0.25, 0.3) is 0 Å². The molecule has 0 aliphatic heterocycles. The fourth-order valence-corrected chi connectivity index (χ4v) is 11.8. The number of benzene rings is 10. The van der Waals surface area contributed by atoms with Crippen LogP contribution in [0, 0.1) is 0 Å². The zero-order valence-electron chi connectivity index (χ0n) is 37.2. The molecule has 4 aromatic heterocycles. The summed E-state index contributed by atoms with van der Waals surface area (Å²) in [7, 11) is 0. The SMILES string of the molecule is c1ccc(-c2ccc(-c3nc(-c4ccccc4-n4c5ccccc5c5c(-c6cccc7c6c6ccccc6n7-c6ccccc6)cccc54)nc(-c4cccc5c4sc4ccccc45)n3)cc2)cc1. The van der Waals surface area contributed by atoms with Crippen LogP contribution in [0.4, 0.5) is 0 Å². The van der Waals surface area contributed by atoms with Gasteiger partial charge >= 0.3 is 0 Å². The Hall–Kier alpha value is -8.97. The van der Waals surface area contributed by atoms with E-state index in [1.165, 1.54) is 59.2 Å². The summed E-state index contributed by atoms with van der Waals surface area (Å²) in [4.78, 5) is 16.1. The van der Waals surface area contributed by atoms with Gasteiger partial charge in [-0.3, -0.25) is 0 Å². The Morgan fingerprint density at radius 1 is 0.290 bits per heavy atom. The summed E-state index contributed by atoms with van der Waals surface area (Å²) in [6.07, 6.45) is 0. The summed E-state index contributed by atoms with van der Waals surface area (Å²) in [5.41, 5.74) is 14.2. The fourth-order valence-electron chi connectivity index (χ4n) is 10.6. The van der Waals surface area contributed by atoms with Gasteiger partial charge < -0.3 is 9.13 Å². The summed E-state index contributed by atoms with van der Waals surface area (Å²) in [6, 6.07) is 84.4. The lowest BCUT2D eigenvalue weighted by Crippen LogP contribution is -2.03. The molecule has 0 bridgehead atoms. The Kier molecular flexibility index (Phi) is 9.00. The summed E-state index contributed by atoms with van der Waals surface area (Å²) in [6.45, 7) is 0. The van der Waals surface area contributed by atoms with E-state index in [1.54, 1.807) is 11.3 Å². The molecule has 0 aliphatic rings. The Labute approximate surface area is 401 Å². The van der Waals surface area contributed by atoms with Crippen LogP contribution in [-0.4, -0.2) is 24.1 Å². The van der Waals surface area contributed by atoms with E-state index in [4.69, 9.17) is 15.0 Å². The molecule has 0 radical (unpaired) electrons. The van der Waals surface area contributed by atoms with Crippen LogP contribution in [-0.2, 0) is 0 Å². The van der Waals surface area contributed by atoms with E-state index in [0.717, 1.165) is 54.9 Å². The van der Waals surface area contributed by atoms with Crippen molar-refractivity contribution in [3.05, 3.63) is 237 Å². The fraction of sp³-hybridized carbons (Fsp3) is 0. The summed E-state index contributed by atoms with van der Waals surface area (Å²) < 4.78 is 7.19. The lowest BCUT2D eigenvalue weighted by atomic mass is 9.95. The molecule has 0 N–H and O–H groups in total. The Morgan fingerprint density at radius 3 is 1.48 bits per heavy atom. The molecule has 0 fully saturated rings. The molecule has 5 nitrogen and oxygen atoms in total. The van der Waals surface area contributed by atoms with Crippen molar-refractivity contribution in [3.8, 4) is 67.8 Å². The first-order chi connectivity index (χ1) is 34.2. The molecule has 6 heteroatoms. The number of para-hydroxylation sites is 4. The second-order valence-corrected chi connectivity index (χ2v) is 18.5. The van der Waals surface area contributed by atoms with Gasteiger partial charge in [0.2, 0.25) is 0 Å². The van der Waals surface area contributed by atoms with Crippen LogP contribution < -0.4 is 0 Å². The van der Waals surface area contributed by atoms with Gasteiger partial charge in [0.1, 0.15) is 0 Å². The Morgan fingerprint density at radius 2 is 0.754 bits per heavy atom. The first kappa shape index (κ1) is 39.2. The van der Waals surface area contributed by atoms with E-state index in [2.05, 4.69) is 240 Å². The molecule has 322 valence electrons. The van der Waals surface area contributed by atoms with Crippen LogP contribution in [0.5, 0.6) is 0 Å². The first-order valence-corrected chi connectivity index (χ1v) is 24.1. The number of thiophene rings is 1.